The molecule has 4 heteroatoms. The molecular weight excluding hydrogens is 214 g/mol. The van der Waals surface area contributed by atoms with Gasteiger partial charge in [0.15, 0.2) is 0 Å². The summed E-state index contributed by atoms with van der Waals surface area (Å²) in [4.78, 5) is 16.7. The number of nitrogens with one attached hydrogen (secondary N) is 1. The number of amides is 1. The fraction of sp³-hybridized carbons (Fsp3) is 0.923. The average molecular weight is 239 g/mol. The molecule has 0 spiro atoms. The summed E-state index contributed by atoms with van der Waals surface area (Å²) in [5.74, 6) is 1.18. The van der Waals surface area contributed by atoms with Gasteiger partial charge in [0.25, 0.3) is 0 Å². The third-order valence-corrected chi connectivity index (χ3v) is 4.03. The summed E-state index contributed by atoms with van der Waals surface area (Å²) in [6.45, 7) is 9.01. The van der Waals surface area contributed by atoms with Crippen molar-refractivity contribution in [3.63, 3.8) is 0 Å². The smallest absolute Gasteiger partial charge is 0.242 e. The maximum absolute atomic E-state index is 12.2. The number of piperazine rings is 1. The van der Waals surface area contributed by atoms with Crippen LogP contribution in [0.5, 0.6) is 0 Å². The first-order valence-electron chi connectivity index (χ1n) is 6.73. The second-order valence-electron chi connectivity index (χ2n) is 5.91. The van der Waals surface area contributed by atoms with Crippen LogP contribution in [0.25, 0.3) is 0 Å². The Bertz CT molecular complexity index is 278. The largest absolute Gasteiger partial charge is 0.339 e. The van der Waals surface area contributed by atoms with E-state index in [1.54, 1.807) is 0 Å². The molecule has 0 radical (unpaired) electrons. The Balaban J connectivity index is 1.79. The number of carbonyl (C=O) groups is 1. The Morgan fingerprint density at radius 2 is 1.82 bits per heavy atom. The maximum Gasteiger partial charge on any atom is 0.242 e. The van der Waals surface area contributed by atoms with Gasteiger partial charge in [-0.25, -0.2) is 0 Å². The number of carbonyl (C=O) groups excluding carboxylic acids is 1. The van der Waals surface area contributed by atoms with E-state index in [0.717, 1.165) is 32.1 Å². The molecule has 1 amide bonds. The molecule has 1 saturated carbocycles. The number of nitrogens with zero attached hydrogens (tertiary/aromatic N) is 2. The Kier molecular flexibility index (Phi) is 3.73. The highest BCUT2D eigenvalue weighted by Crippen LogP contribution is 2.30. The molecule has 4 nitrogen and oxygen atoms in total. The van der Waals surface area contributed by atoms with Crippen molar-refractivity contribution in [3.8, 4) is 0 Å². The minimum Gasteiger partial charge on any atom is -0.339 e. The van der Waals surface area contributed by atoms with Gasteiger partial charge in [0.1, 0.15) is 0 Å². The zero-order chi connectivity index (χ0) is 12.5. The molecule has 0 aromatic heterocycles. The highest BCUT2D eigenvalue weighted by Gasteiger charge is 2.33. The van der Waals surface area contributed by atoms with Crippen molar-refractivity contribution < 1.29 is 4.79 Å². The second-order valence-corrected chi connectivity index (χ2v) is 5.91. The standard InChI is InChI=1S/C13H25N3O/c1-13(2,14-3)12(17)16-8-6-15(7-9-16)10-11-4-5-11/h11,14H,4-10H2,1-3H3. The zero-order valence-corrected chi connectivity index (χ0v) is 11.3. The molecule has 0 aromatic rings. The van der Waals surface area contributed by atoms with Crippen molar-refractivity contribution in [1.29, 1.82) is 0 Å². The summed E-state index contributed by atoms with van der Waals surface area (Å²) in [7, 11) is 1.85. The molecule has 2 aliphatic rings. The molecule has 1 aliphatic heterocycles. The minimum absolute atomic E-state index is 0.228. The van der Waals surface area contributed by atoms with Crippen LogP contribution in [0, 0.1) is 5.92 Å². The average Bonchev–Trinajstić information content (AvgIpc) is 3.13. The molecule has 0 bridgehead atoms. The summed E-state index contributed by atoms with van der Waals surface area (Å²) < 4.78 is 0. The maximum atomic E-state index is 12.2. The Labute approximate surface area is 104 Å². The van der Waals surface area contributed by atoms with Crippen LogP contribution in [0.15, 0.2) is 0 Å². The summed E-state index contributed by atoms with van der Waals surface area (Å²) in [5.41, 5.74) is -0.432. The van der Waals surface area contributed by atoms with Crippen LogP contribution < -0.4 is 5.32 Å². The van der Waals surface area contributed by atoms with E-state index in [-0.39, 0.29) is 5.91 Å². The van der Waals surface area contributed by atoms with Gasteiger partial charge in [-0.1, -0.05) is 0 Å². The first-order chi connectivity index (χ1) is 8.03. The van der Waals surface area contributed by atoms with Crippen LogP contribution >= 0.6 is 0 Å². The highest BCUT2D eigenvalue weighted by atomic mass is 16.2. The molecule has 17 heavy (non-hydrogen) atoms. The lowest BCUT2D eigenvalue weighted by molar-refractivity contribution is -0.138. The molecule has 2 fully saturated rings. The predicted molar refractivity (Wildman–Crippen MR) is 68.9 cm³/mol. The molecule has 0 aromatic carbocycles. The third kappa shape index (κ3) is 3.19. The van der Waals surface area contributed by atoms with Gasteiger partial charge in [0.05, 0.1) is 5.54 Å². The molecule has 1 aliphatic carbocycles. The van der Waals surface area contributed by atoms with Gasteiger partial charge in [-0.2, -0.15) is 0 Å². The fourth-order valence-corrected chi connectivity index (χ4v) is 2.30. The van der Waals surface area contributed by atoms with Gasteiger partial charge < -0.3 is 10.2 Å². The Morgan fingerprint density at radius 3 is 2.29 bits per heavy atom. The Hall–Kier alpha value is -0.610. The normalized spacial score (nSPS) is 22.9. The van der Waals surface area contributed by atoms with E-state index in [1.807, 2.05) is 25.8 Å². The third-order valence-electron chi connectivity index (χ3n) is 4.03. The number of hydrogen-bond acceptors (Lipinski definition) is 3. The van der Waals surface area contributed by atoms with E-state index in [9.17, 15) is 4.79 Å². The van der Waals surface area contributed by atoms with Crippen LogP contribution in [-0.4, -0.2) is 61.0 Å². The highest BCUT2D eigenvalue weighted by molar-refractivity contribution is 5.85. The molecule has 98 valence electrons. The van der Waals surface area contributed by atoms with Crippen LogP contribution in [0.2, 0.25) is 0 Å². The van der Waals surface area contributed by atoms with Gasteiger partial charge in [-0.15, -0.1) is 0 Å². The molecular formula is C13H25N3O. The number of hydrogen-bond donors (Lipinski definition) is 1. The number of likely N-dealkylation sites (N-methyl/N-ethyl adjacent to an activating group) is 1. The van der Waals surface area contributed by atoms with Crippen LogP contribution in [-0.2, 0) is 4.79 Å². The molecule has 0 atom stereocenters. The van der Waals surface area contributed by atoms with Crippen molar-refractivity contribution in [3.05, 3.63) is 0 Å². The van der Waals surface area contributed by atoms with Crippen molar-refractivity contribution in [2.24, 2.45) is 5.92 Å². The summed E-state index contributed by atoms with van der Waals surface area (Å²) >= 11 is 0. The van der Waals surface area contributed by atoms with Crippen LogP contribution in [0.4, 0.5) is 0 Å². The Morgan fingerprint density at radius 1 is 1.24 bits per heavy atom. The predicted octanol–water partition coefficient (Wildman–Crippen LogP) is 0.539. The van der Waals surface area contributed by atoms with Crippen LogP contribution in [0.1, 0.15) is 26.7 Å². The van der Waals surface area contributed by atoms with Gasteiger partial charge >= 0.3 is 0 Å². The van der Waals surface area contributed by atoms with Gasteiger partial charge in [0.2, 0.25) is 5.91 Å². The first-order valence-corrected chi connectivity index (χ1v) is 6.73. The second kappa shape index (κ2) is 4.94. The number of rotatable bonds is 4. The topological polar surface area (TPSA) is 35.6 Å². The molecule has 1 heterocycles. The van der Waals surface area contributed by atoms with Crippen molar-refractivity contribution in [1.82, 2.24) is 15.1 Å². The molecule has 0 unspecified atom stereocenters. The molecule has 1 saturated heterocycles. The van der Waals surface area contributed by atoms with E-state index in [4.69, 9.17) is 0 Å². The molecule has 1 N–H and O–H groups in total. The van der Waals surface area contributed by atoms with E-state index >= 15 is 0 Å². The van der Waals surface area contributed by atoms with Gasteiger partial charge in [0, 0.05) is 32.7 Å². The fourth-order valence-electron chi connectivity index (χ4n) is 2.30. The van der Waals surface area contributed by atoms with Gasteiger partial charge in [-0.3, -0.25) is 9.69 Å². The van der Waals surface area contributed by atoms with Crippen molar-refractivity contribution in [2.75, 3.05) is 39.8 Å². The van der Waals surface area contributed by atoms with Crippen LogP contribution in [0.3, 0.4) is 0 Å². The lowest BCUT2D eigenvalue weighted by Gasteiger charge is -2.38. The van der Waals surface area contributed by atoms with Crippen molar-refractivity contribution in [2.45, 2.75) is 32.2 Å². The van der Waals surface area contributed by atoms with E-state index in [0.29, 0.717) is 0 Å². The summed E-state index contributed by atoms with van der Waals surface area (Å²) in [6, 6.07) is 0. The monoisotopic (exact) mass is 239 g/mol. The lowest BCUT2D eigenvalue weighted by Crippen LogP contribution is -2.58. The van der Waals surface area contributed by atoms with E-state index in [1.165, 1.54) is 19.4 Å². The quantitative estimate of drug-likeness (QED) is 0.778. The summed E-state index contributed by atoms with van der Waals surface area (Å²) in [6.07, 6.45) is 2.82. The minimum atomic E-state index is -0.432. The van der Waals surface area contributed by atoms with E-state index < -0.39 is 5.54 Å². The zero-order valence-electron chi connectivity index (χ0n) is 11.3. The van der Waals surface area contributed by atoms with Gasteiger partial charge in [-0.05, 0) is 39.7 Å². The first kappa shape index (κ1) is 12.8. The summed E-state index contributed by atoms with van der Waals surface area (Å²) in [5, 5.41) is 3.09. The molecule has 2 rings (SSSR count). The van der Waals surface area contributed by atoms with Crippen molar-refractivity contribution >= 4 is 5.91 Å². The van der Waals surface area contributed by atoms with E-state index in [2.05, 4.69) is 10.2 Å². The SMILES string of the molecule is CNC(C)(C)C(=O)N1CCN(CC2CC2)CC1. The lowest BCUT2D eigenvalue weighted by atomic mass is 10.0.